The van der Waals surface area contributed by atoms with Crippen molar-refractivity contribution in [2.75, 3.05) is 25.6 Å². The fraction of sp³-hybridized carbons (Fsp3) is 0.318. The summed E-state index contributed by atoms with van der Waals surface area (Å²) >= 11 is 0. The van der Waals surface area contributed by atoms with Crippen LogP contribution in [0.3, 0.4) is 0 Å². The molecule has 150 valence electrons. The van der Waals surface area contributed by atoms with Gasteiger partial charge < -0.3 is 14.8 Å². The van der Waals surface area contributed by atoms with E-state index in [1.807, 2.05) is 12.1 Å². The van der Waals surface area contributed by atoms with Gasteiger partial charge in [0.25, 0.3) is 11.8 Å². The Morgan fingerprint density at radius 2 is 1.90 bits per heavy atom. The highest BCUT2D eigenvalue weighted by molar-refractivity contribution is 6.21. The number of hydrogen-bond acceptors (Lipinski definition) is 5. The second-order valence-corrected chi connectivity index (χ2v) is 7.19. The number of anilines is 1. The van der Waals surface area contributed by atoms with Crippen molar-refractivity contribution in [3.63, 3.8) is 0 Å². The molecule has 0 bridgehead atoms. The van der Waals surface area contributed by atoms with E-state index in [4.69, 9.17) is 9.47 Å². The minimum atomic E-state index is -0.341. The first-order valence-corrected chi connectivity index (χ1v) is 9.60. The monoisotopic (exact) mass is 394 g/mol. The molecule has 2 aliphatic heterocycles. The molecule has 0 aromatic heterocycles. The van der Waals surface area contributed by atoms with E-state index in [1.54, 1.807) is 37.4 Å². The predicted octanol–water partition coefficient (Wildman–Crippen LogP) is 2.65. The molecule has 2 aliphatic rings. The highest BCUT2D eigenvalue weighted by Gasteiger charge is 2.37. The Kier molecular flexibility index (Phi) is 5.31. The van der Waals surface area contributed by atoms with Gasteiger partial charge in [0.2, 0.25) is 5.91 Å². The average Bonchev–Trinajstić information content (AvgIpc) is 3.32. The van der Waals surface area contributed by atoms with E-state index in [1.165, 1.54) is 4.90 Å². The summed E-state index contributed by atoms with van der Waals surface area (Å²) in [5, 5.41) is 2.80. The van der Waals surface area contributed by atoms with Crippen LogP contribution in [0.25, 0.3) is 0 Å². The number of carbonyl (C=O) groups excluding carboxylic acids is 3. The third kappa shape index (κ3) is 4.00. The second kappa shape index (κ2) is 8.05. The molecule has 29 heavy (non-hydrogen) atoms. The largest absolute Gasteiger partial charge is 0.497 e. The predicted molar refractivity (Wildman–Crippen MR) is 106 cm³/mol. The first kappa shape index (κ1) is 19.1. The van der Waals surface area contributed by atoms with E-state index in [9.17, 15) is 14.4 Å². The van der Waals surface area contributed by atoms with Gasteiger partial charge in [0.15, 0.2) is 0 Å². The van der Waals surface area contributed by atoms with Gasteiger partial charge >= 0.3 is 0 Å². The van der Waals surface area contributed by atoms with E-state index in [0.29, 0.717) is 23.4 Å². The third-order valence-electron chi connectivity index (χ3n) is 5.19. The molecule has 1 N–H and O–H groups in total. The lowest BCUT2D eigenvalue weighted by Crippen LogP contribution is -2.36. The molecule has 2 aromatic rings. The van der Waals surface area contributed by atoms with Crippen molar-refractivity contribution < 1.29 is 23.9 Å². The van der Waals surface area contributed by atoms with Crippen molar-refractivity contribution in [3.8, 4) is 5.75 Å². The summed E-state index contributed by atoms with van der Waals surface area (Å²) < 4.78 is 10.7. The lowest BCUT2D eigenvalue weighted by atomic mass is 10.1. The fourth-order valence-corrected chi connectivity index (χ4v) is 3.66. The number of amides is 3. The normalized spacial score (nSPS) is 18.1. The zero-order chi connectivity index (χ0) is 20.4. The minimum Gasteiger partial charge on any atom is -0.497 e. The summed E-state index contributed by atoms with van der Waals surface area (Å²) in [6, 6.07) is 12.0. The summed E-state index contributed by atoms with van der Waals surface area (Å²) in [7, 11) is 1.59. The van der Waals surface area contributed by atoms with Gasteiger partial charge in [-0.2, -0.15) is 0 Å². The van der Waals surface area contributed by atoms with Crippen LogP contribution >= 0.6 is 0 Å². The van der Waals surface area contributed by atoms with Crippen LogP contribution in [0.5, 0.6) is 5.75 Å². The Morgan fingerprint density at radius 3 is 2.59 bits per heavy atom. The molecule has 4 rings (SSSR count). The molecule has 0 aliphatic carbocycles. The maximum atomic E-state index is 12.7. The van der Waals surface area contributed by atoms with Gasteiger partial charge in [0.05, 0.1) is 37.3 Å². The lowest BCUT2D eigenvalue weighted by molar-refractivity contribution is -0.115. The zero-order valence-electron chi connectivity index (χ0n) is 16.1. The van der Waals surface area contributed by atoms with Crippen LogP contribution < -0.4 is 10.1 Å². The molecule has 0 spiro atoms. The Bertz CT molecular complexity index is 948. The van der Waals surface area contributed by atoms with Gasteiger partial charge in [-0.15, -0.1) is 0 Å². The average molecular weight is 394 g/mol. The van der Waals surface area contributed by atoms with E-state index in [-0.39, 0.29) is 36.8 Å². The molecule has 1 saturated heterocycles. The van der Waals surface area contributed by atoms with Crippen LogP contribution in [0.15, 0.2) is 42.5 Å². The van der Waals surface area contributed by atoms with Gasteiger partial charge in [-0.25, -0.2) is 0 Å². The molecule has 7 heteroatoms. The number of fused-ring (bicyclic) bond motifs is 1. The van der Waals surface area contributed by atoms with Crippen molar-refractivity contribution in [1.82, 2.24) is 4.90 Å². The second-order valence-electron chi connectivity index (χ2n) is 7.19. The third-order valence-corrected chi connectivity index (χ3v) is 5.19. The molecule has 3 amide bonds. The molecular formula is C22H22N2O5. The standard InChI is InChI=1S/C22H22N2O5/c1-28-16-7-4-14(5-8-16)11-20(25)23-15-6-9-18-19(12-15)22(27)24(21(18)26)13-17-3-2-10-29-17/h4-9,12,17H,2-3,10-11,13H2,1H3,(H,23,25). The van der Waals surface area contributed by atoms with E-state index >= 15 is 0 Å². The number of nitrogens with zero attached hydrogens (tertiary/aromatic N) is 1. The molecule has 1 fully saturated rings. The Balaban J connectivity index is 1.43. The quantitative estimate of drug-likeness (QED) is 0.762. The van der Waals surface area contributed by atoms with E-state index < -0.39 is 0 Å². The van der Waals surface area contributed by atoms with Gasteiger partial charge in [-0.3, -0.25) is 19.3 Å². The molecule has 2 heterocycles. The Labute approximate surface area is 168 Å². The van der Waals surface area contributed by atoms with Gasteiger partial charge in [-0.05, 0) is 48.7 Å². The van der Waals surface area contributed by atoms with Crippen LogP contribution in [0.2, 0.25) is 0 Å². The highest BCUT2D eigenvalue weighted by atomic mass is 16.5. The van der Waals surface area contributed by atoms with Crippen LogP contribution in [0, 0.1) is 0 Å². The van der Waals surface area contributed by atoms with Crippen LogP contribution in [-0.4, -0.2) is 49.0 Å². The molecule has 7 nitrogen and oxygen atoms in total. The number of nitrogens with one attached hydrogen (secondary N) is 1. The zero-order valence-corrected chi connectivity index (χ0v) is 16.1. The summed E-state index contributed by atoms with van der Waals surface area (Å²) in [5.41, 5.74) is 2.01. The number of benzene rings is 2. The SMILES string of the molecule is COc1ccc(CC(=O)Nc2ccc3c(c2)C(=O)N(CC2CCCO2)C3=O)cc1. The first-order chi connectivity index (χ1) is 14.0. The number of imide groups is 1. The maximum absolute atomic E-state index is 12.7. The van der Waals surface area contributed by atoms with Crippen molar-refractivity contribution in [1.29, 1.82) is 0 Å². The topological polar surface area (TPSA) is 84.9 Å². The first-order valence-electron chi connectivity index (χ1n) is 9.60. The summed E-state index contributed by atoms with van der Waals surface area (Å²) in [6.45, 7) is 0.934. The molecular weight excluding hydrogens is 372 g/mol. The lowest BCUT2D eigenvalue weighted by Gasteiger charge is -2.17. The van der Waals surface area contributed by atoms with Crippen molar-refractivity contribution in [3.05, 3.63) is 59.2 Å². The molecule has 1 atom stereocenters. The van der Waals surface area contributed by atoms with Crippen molar-refractivity contribution >= 4 is 23.4 Å². The molecule has 2 aromatic carbocycles. The fourth-order valence-electron chi connectivity index (χ4n) is 3.66. The summed E-state index contributed by atoms with van der Waals surface area (Å²) in [4.78, 5) is 38.9. The molecule has 0 radical (unpaired) electrons. The number of ether oxygens (including phenoxy) is 2. The van der Waals surface area contributed by atoms with E-state index in [0.717, 1.165) is 24.2 Å². The molecule has 0 saturated carbocycles. The van der Waals surface area contributed by atoms with Crippen LogP contribution in [0.1, 0.15) is 39.1 Å². The van der Waals surface area contributed by atoms with Crippen LogP contribution in [-0.2, 0) is 16.0 Å². The number of methoxy groups -OCH3 is 1. The van der Waals surface area contributed by atoms with E-state index in [2.05, 4.69) is 5.32 Å². The number of rotatable bonds is 6. The van der Waals surface area contributed by atoms with Crippen molar-refractivity contribution in [2.45, 2.75) is 25.4 Å². The van der Waals surface area contributed by atoms with Gasteiger partial charge in [0.1, 0.15) is 5.75 Å². The van der Waals surface area contributed by atoms with Gasteiger partial charge in [-0.1, -0.05) is 12.1 Å². The summed E-state index contributed by atoms with van der Waals surface area (Å²) in [6.07, 6.45) is 1.89. The highest BCUT2D eigenvalue weighted by Crippen LogP contribution is 2.27. The summed E-state index contributed by atoms with van der Waals surface area (Å²) in [5.74, 6) is -0.130. The number of carbonyl (C=O) groups is 3. The number of hydrogen-bond donors (Lipinski definition) is 1. The van der Waals surface area contributed by atoms with Crippen molar-refractivity contribution in [2.24, 2.45) is 0 Å². The Morgan fingerprint density at radius 1 is 1.14 bits per heavy atom. The minimum absolute atomic E-state index is 0.0964. The Hall–Kier alpha value is -3.19. The van der Waals surface area contributed by atoms with Crippen LogP contribution in [0.4, 0.5) is 5.69 Å². The smallest absolute Gasteiger partial charge is 0.261 e. The maximum Gasteiger partial charge on any atom is 0.261 e. The van der Waals surface area contributed by atoms with Gasteiger partial charge in [0, 0.05) is 12.3 Å². The molecule has 1 unspecified atom stereocenters.